The highest BCUT2D eigenvalue weighted by molar-refractivity contribution is 7.40. The number of hydrogen-bond acceptors (Lipinski definition) is 6. The normalized spacial score (nSPS) is 12.2. The van der Waals surface area contributed by atoms with Crippen LogP contribution in [0.3, 0.4) is 0 Å². The summed E-state index contributed by atoms with van der Waals surface area (Å²) in [6, 6.07) is 0. The smallest absolute Gasteiger partial charge is 0.329 e. The van der Waals surface area contributed by atoms with Crippen LogP contribution < -0.4 is 5.32 Å². The van der Waals surface area contributed by atoms with Crippen molar-refractivity contribution in [1.82, 2.24) is 5.32 Å². The SMILES string of the molecule is CCCCCCCCCCCCCCCCCC(=O)OCCCOP(O)OCCNC. The first-order chi connectivity index (χ1) is 15.2. The maximum Gasteiger partial charge on any atom is 0.329 e. The van der Waals surface area contributed by atoms with E-state index >= 15 is 0 Å². The first-order valence-electron chi connectivity index (χ1n) is 12.8. The molecule has 0 aliphatic carbocycles. The topological polar surface area (TPSA) is 77.0 Å². The van der Waals surface area contributed by atoms with Gasteiger partial charge in [-0.2, -0.15) is 0 Å². The highest BCUT2D eigenvalue weighted by Gasteiger charge is 2.07. The lowest BCUT2D eigenvalue weighted by Crippen LogP contribution is -2.13. The lowest BCUT2D eigenvalue weighted by Gasteiger charge is -2.10. The minimum absolute atomic E-state index is 0.133. The zero-order valence-corrected chi connectivity index (χ0v) is 21.3. The largest absolute Gasteiger partial charge is 0.466 e. The van der Waals surface area contributed by atoms with Gasteiger partial charge >= 0.3 is 14.6 Å². The van der Waals surface area contributed by atoms with E-state index in [1.165, 1.54) is 83.5 Å². The third kappa shape index (κ3) is 25.9. The van der Waals surface area contributed by atoms with E-state index in [0.29, 0.717) is 39.2 Å². The Morgan fingerprint density at radius 2 is 1.19 bits per heavy atom. The van der Waals surface area contributed by atoms with Crippen molar-refractivity contribution in [1.29, 1.82) is 0 Å². The Hall–Kier alpha value is -0.260. The first-order valence-corrected chi connectivity index (χ1v) is 13.9. The molecule has 1 unspecified atom stereocenters. The van der Waals surface area contributed by atoms with Crippen molar-refractivity contribution in [2.24, 2.45) is 0 Å². The summed E-state index contributed by atoms with van der Waals surface area (Å²) in [5, 5.41) is 2.92. The standard InChI is InChI=1S/C24H50NO5P/c1-3-4-5-6-7-8-9-10-11-12-13-14-15-16-17-19-24(26)28-21-18-22-29-31(27)30-23-20-25-2/h25,27H,3-23H2,1-2H3. The fraction of sp³-hybridized carbons (Fsp3) is 0.958. The van der Waals surface area contributed by atoms with Gasteiger partial charge in [-0.15, -0.1) is 0 Å². The predicted molar refractivity (Wildman–Crippen MR) is 130 cm³/mol. The molecule has 0 saturated carbocycles. The number of nitrogens with one attached hydrogen (secondary N) is 1. The highest BCUT2D eigenvalue weighted by Crippen LogP contribution is 2.32. The number of likely N-dealkylation sites (N-methyl/N-ethyl adjacent to an activating group) is 1. The molecule has 0 aromatic heterocycles. The number of carbonyl (C=O) groups excluding carboxylic acids is 1. The zero-order chi connectivity index (χ0) is 22.8. The van der Waals surface area contributed by atoms with E-state index in [1.807, 2.05) is 7.05 Å². The summed E-state index contributed by atoms with van der Waals surface area (Å²) in [6.07, 6.45) is 20.9. The van der Waals surface area contributed by atoms with Crippen molar-refractivity contribution in [3.8, 4) is 0 Å². The quantitative estimate of drug-likeness (QED) is 0.0896. The van der Waals surface area contributed by atoms with Crippen LogP contribution in [0.25, 0.3) is 0 Å². The minimum Gasteiger partial charge on any atom is -0.466 e. The summed E-state index contributed by atoms with van der Waals surface area (Å²) in [5.74, 6) is -0.133. The third-order valence-electron chi connectivity index (χ3n) is 5.29. The molecule has 186 valence electrons. The van der Waals surface area contributed by atoms with Crippen molar-refractivity contribution in [3.63, 3.8) is 0 Å². The molecule has 0 aromatic carbocycles. The summed E-state index contributed by atoms with van der Waals surface area (Å²) in [7, 11) is -0.0133. The molecule has 0 rings (SSSR count). The predicted octanol–water partition coefficient (Wildman–Crippen LogP) is 6.65. The maximum absolute atomic E-state index is 11.7. The van der Waals surface area contributed by atoms with Crippen LogP contribution >= 0.6 is 8.60 Å². The van der Waals surface area contributed by atoms with Gasteiger partial charge in [0.05, 0.1) is 19.8 Å². The number of carbonyl (C=O) groups is 1. The fourth-order valence-corrected chi connectivity index (χ4v) is 3.97. The van der Waals surface area contributed by atoms with Crippen molar-refractivity contribution in [3.05, 3.63) is 0 Å². The van der Waals surface area contributed by atoms with Crippen LogP contribution in [-0.4, -0.2) is 44.3 Å². The van der Waals surface area contributed by atoms with Crippen molar-refractivity contribution in [2.45, 2.75) is 116 Å². The minimum atomic E-state index is -1.83. The van der Waals surface area contributed by atoms with Crippen LogP contribution in [0.5, 0.6) is 0 Å². The molecule has 0 saturated heterocycles. The molecule has 0 fully saturated rings. The Morgan fingerprint density at radius 1 is 0.710 bits per heavy atom. The molecule has 7 heteroatoms. The number of rotatable bonds is 25. The monoisotopic (exact) mass is 463 g/mol. The molecule has 0 amide bonds. The van der Waals surface area contributed by atoms with Gasteiger partial charge in [0.15, 0.2) is 0 Å². The lowest BCUT2D eigenvalue weighted by atomic mass is 10.0. The zero-order valence-electron chi connectivity index (χ0n) is 20.4. The van der Waals surface area contributed by atoms with E-state index < -0.39 is 8.60 Å². The van der Waals surface area contributed by atoms with Crippen LogP contribution in [0.1, 0.15) is 116 Å². The van der Waals surface area contributed by atoms with Crippen LogP contribution in [-0.2, 0) is 18.6 Å². The van der Waals surface area contributed by atoms with E-state index in [4.69, 9.17) is 13.8 Å². The van der Waals surface area contributed by atoms with Gasteiger partial charge in [0, 0.05) is 19.4 Å². The number of ether oxygens (including phenoxy) is 1. The van der Waals surface area contributed by atoms with E-state index in [1.54, 1.807) is 0 Å². The van der Waals surface area contributed by atoms with Gasteiger partial charge in [0.1, 0.15) is 0 Å². The van der Waals surface area contributed by atoms with E-state index in [-0.39, 0.29) is 5.97 Å². The maximum atomic E-state index is 11.7. The number of unbranched alkanes of at least 4 members (excludes halogenated alkanes) is 14. The summed E-state index contributed by atoms with van der Waals surface area (Å²) in [5.41, 5.74) is 0. The summed E-state index contributed by atoms with van der Waals surface area (Å²) in [4.78, 5) is 21.2. The van der Waals surface area contributed by atoms with Crippen molar-refractivity contribution >= 4 is 14.6 Å². The van der Waals surface area contributed by atoms with Crippen LogP contribution in [0.15, 0.2) is 0 Å². The molecule has 0 heterocycles. The Morgan fingerprint density at radius 3 is 1.71 bits per heavy atom. The van der Waals surface area contributed by atoms with Gasteiger partial charge in [-0.05, 0) is 13.5 Å². The van der Waals surface area contributed by atoms with Gasteiger partial charge in [-0.1, -0.05) is 96.8 Å². The molecule has 31 heavy (non-hydrogen) atoms. The highest BCUT2D eigenvalue weighted by atomic mass is 31.2. The molecule has 1 atom stereocenters. The van der Waals surface area contributed by atoms with Gasteiger partial charge < -0.3 is 24.0 Å². The molecule has 0 bridgehead atoms. The van der Waals surface area contributed by atoms with E-state index in [0.717, 1.165) is 12.8 Å². The second-order valence-electron chi connectivity index (χ2n) is 8.28. The molecule has 0 spiro atoms. The summed E-state index contributed by atoms with van der Waals surface area (Å²) in [6.45, 7) is 4.01. The molecular formula is C24H50NO5P. The van der Waals surface area contributed by atoms with Crippen molar-refractivity contribution in [2.75, 3.05) is 33.4 Å². The van der Waals surface area contributed by atoms with E-state index in [9.17, 15) is 9.69 Å². The van der Waals surface area contributed by atoms with Gasteiger partial charge in [0.25, 0.3) is 0 Å². The lowest BCUT2D eigenvalue weighted by molar-refractivity contribution is -0.144. The van der Waals surface area contributed by atoms with E-state index in [2.05, 4.69) is 12.2 Å². The Kier molecular flexibility index (Phi) is 25.8. The molecule has 0 radical (unpaired) electrons. The molecular weight excluding hydrogens is 413 g/mol. The first kappa shape index (κ1) is 30.7. The second-order valence-corrected chi connectivity index (χ2v) is 9.27. The van der Waals surface area contributed by atoms with Crippen LogP contribution in [0.4, 0.5) is 0 Å². The molecule has 0 aromatic rings. The Labute approximate surface area is 193 Å². The average molecular weight is 464 g/mol. The molecule has 6 nitrogen and oxygen atoms in total. The van der Waals surface area contributed by atoms with Crippen LogP contribution in [0.2, 0.25) is 0 Å². The molecule has 0 aliphatic heterocycles. The van der Waals surface area contributed by atoms with Gasteiger partial charge in [-0.3, -0.25) is 4.79 Å². The molecule has 0 aliphatic rings. The van der Waals surface area contributed by atoms with Crippen molar-refractivity contribution < 1.29 is 23.5 Å². The van der Waals surface area contributed by atoms with Gasteiger partial charge in [0.2, 0.25) is 0 Å². The average Bonchev–Trinajstić information content (AvgIpc) is 2.76. The van der Waals surface area contributed by atoms with Crippen LogP contribution in [0, 0.1) is 0 Å². The summed E-state index contributed by atoms with van der Waals surface area (Å²) >= 11 is 0. The second kappa shape index (κ2) is 26.0. The van der Waals surface area contributed by atoms with Gasteiger partial charge in [-0.25, -0.2) is 0 Å². The summed E-state index contributed by atoms with van der Waals surface area (Å²) < 4.78 is 15.4. The number of esters is 1. The molecule has 2 N–H and O–H groups in total. The fourth-order valence-electron chi connectivity index (χ4n) is 3.36. The Balaban J connectivity index is 3.21. The number of hydrogen-bond donors (Lipinski definition) is 2. The Bertz CT molecular complexity index is 374. The third-order valence-corrected chi connectivity index (χ3v) is 6.10.